The van der Waals surface area contributed by atoms with Gasteiger partial charge in [0.25, 0.3) is 0 Å². The Hall–Kier alpha value is -1.71. The van der Waals surface area contributed by atoms with Crippen molar-refractivity contribution in [3.8, 4) is 0 Å². The number of hydrogen-bond donors (Lipinski definition) is 2. The molecule has 1 fully saturated rings. The maximum Gasteiger partial charge on any atom is 0.408 e. The van der Waals surface area contributed by atoms with Crippen molar-refractivity contribution in [1.29, 1.82) is 0 Å². The number of pyridine rings is 1. The van der Waals surface area contributed by atoms with Crippen LogP contribution in [-0.2, 0) is 19.0 Å². The largest absolute Gasteiger partial charge is 0.466 e. The van der Waals surface area contributed by atoms with E-state index in [1.807, 2.05) is 0 Å². The van der Waals surface area contributed by atoms with E-state index in [0.717, 1.165) is 24.0 Å². The average molecular weight is 486 g/mol. The Labute approximate surface area is 186 Å². The summed E-state index contributed by atoms with van der Waals surface area (Å²) in [5, 5.41) is 6.17. The molecule has 1 aliphatic heterocycles. The highest BCUT2D eigenvalue weighted by molar-refractivity contribution is 9.10. The fourth-order valence-electron chi connectivity index (χ4n) is 3.06. The number of carbonyl (C=O) groups excluding carboxylic acids is 2. The van der Waals surface area contributed by atoms with E-state index in [9.17, 15) is 9.59 Å². The van der Waals surface area contributed by atoms with E-state index in [-0.39, 0.29) is 12.5 Å². The van der Waals surface area contributed by atoms with Crippen molar-refractivity contribution in [1.82, 2.24) is 15.6 Å². The molecule has 2 N–H and O–H groups in total. The molecule has 9 heteroatoms. The van der Waals surface area contributed by atoms with Gasteiger partial charge in [0.15, 0.2) is 0 Å². The number of alkyl carbamates (subject to hydrolysis) is 1. The van der Waals surface area contributed by atoms with Crippen molar-refractivity contribution in [3.63, 3.8) is 0 Å². The molecular formula is C21H32BrN3O5. The predicted molar refractivity (Wildman–Crippen MR) is 116 cm³/mol. The Bertz CT molecular complexity index is 704. The van der Waals surface area contributed by atoms with Gasteiger partial charge in [-0.25, -0.2) is 4.79 Å². The summed E-state index contributed by atoms with van der Waals surface area (Å²) in [6, 6.07) is 1.47. The van der Waals surface area contributed by atoms with E-state index in [2.05, 4.69) is 38.5 Å². The first-order valence-electron chi connectivity index (χ1n) is 10.2. The van der Waals surface area contributed by atoms with Gasteiger partial charge >= 0.3 is 12.1 Å². The van der Waals surface area contributed by atoms with Gasteiger partial charge in [-0.1, -0.05) is 6.92 Å². The average Bonchev–Trinajstić information content (AvgIpc) is 2.66. The number of carbonyl (C=O) groups is 2. The molecule has 0 spiro atoms. The molecule has 3 atom stereocenters. The number of esters is 1. The Balaban J connectivity index is 1.90. The fraction of sp³-hybridized carbons (Fsp3) is 0.667. The Kier molecular flexibility index (Phi) is 9.51. The van der Waals surface area contributed by atoms with Gasteiger partial charge in [0.2, 0.25) is 0 Å². The highest BCUT2D eigenvalue weighted by atomic mass is 79.9. The van der Waals surface area contributed by atoms with E-state index in [1.165, 1.54) is 0 Å². The molecule has 30 heavy (non-hydrogen) atoms. The van der Waals surface area contributed by atoms with Crippen LogP contribution in [0.4, 0.5) is 4.79 Å². The van der Waals surface area contributed by atoms with Crippen LogP contribution >= 0.6 is 15.9 Å². The lowest BCUT2D eigenvalue weighted by molar-refractivity contribution is -0.144. The zero-order valence-corrected chi connectivity index (χ0v) is 19.7. The van der Waals surface area contributed by atoms with Crippen LogP contribution in [0, 0.1) is 5.92 Å². The van der Waals surface area contributed by atoms with Gasteiger partial charge in [-0.3, -0.25) is 9.78 Å². The van der Waals surface area contributed by atoms with E-state index in [4.69, 9.17) is 14.2 Å². The molecule has 0 aliphatic carbocycles. The molecule has 1 saturated heterocycles. The SMILES string of the molecule is CC(CCOC(=O)CC(NC(=O)OC(C)(C)C)c1cncc(Br)c1)[C@H]1COCCN1. The van der Waals surface area contributed by atoms with Crippen molar-refractivity contribution in [3.05, 3.63) is 28.5 Å². The second-order valence-electron chi connectivity index (χ2n) is 8.46. The first kappa shape index (κ1) is 24.6. The lowest BCUT2D eigenvalue weighted by atomic mass is 9.98. The van der Waals surface area contributed by atoms with E-state index < -0.39 is 23.7 Å². The molecule has 0 bridgehead atoms. The van der Waals surface area contributed by atoms with Crippen LogP contribution in [0.3, 0.4) is 0 Å². The van der Waals surface area contributed by atoms with Crippen LogP contribution in [0.15, 0.2) is 22.9 Å². The van der Waals surface area contributed by atoms with E-state index in [1.54, 1.807) is 39.2 Å². The zero-order chi connectivity index (χ0) is 22.1. The number of ether oxygens (including phenoxy) is 3. The molecule has 1 aromatic heterocycles. The number of aromatic nitrogens is 1. The van der Waals surface area contributed by atoms with Gasteiger partial charge in [-0.15, -0.1) is 0 Å². The summed E-state index contributed by atoms with van der Waals surface area (Å²) in [7, 11) is 0. The fourth-order valence-corrected chi connectivity index (χ4v) is 3.44. The quantitative estimate of drug-likeness (QED) is 0.544. The van der Waals surface area contributed by atoms with Crippen LogP contribution in [0.5, 0.6) is 0 Å². The van der Waals surface area contributed by atoms with Crippen molar-refractivity contribution in [2.75, 3.05) is 26.4 Å². The van der Waals surface area contributed by atoms with Gasteiger partial charge in [0.1, 0.15) is 5.60 Å². The van der Waals surface area contributed by atoms with Crippen LogP contribution < -0.4 is 10.6 Å². The molecule has 1 aliphatic rings. The van der Waals surface area contributed by atoms with Crippen LogP contribution in [0.25, 0.3) is 0 Å². The summed E-state index contributed by atoms with van der Waals surface area (Å²) in [5.74, 6) is -0.0702. The molecule has 0 saturated carbocycles. The van der Waals surface area contributed by atoms with Crippen LogP contribution in [-0.4, -0.2) is 55.1 Å². The number of hydrogen-bond acceptors (Lipinski definition) is 7. The number of nitrogens with zero attached hydrogens (tertiary/aromatic N) is 1. The second-order valence-corrected chi connectivity index (χ2v) is 9.38. The van der Waals surface area contributed by atoms with Gasteiger partial charge in [-0.05, 0) is 60.7 Å². The van der Waals surface area contributed by atoms with Gasteiger partial charge in [0.05, 0.1) is 32.3 Å². The standard InChI is InChI=1S/C21H32BrN3O5/c1-14(18-13-28-8-6-24-18)5-7-29-19(26)10-17(15-9-16(22)12-23-11-15)25-20(27)30-21(2,3)4/h9,11-12,14,17-18,24H,5-8,10,13H2,1-4H3,(H,25,27)/t14?,17?,18-/m1/s1. The van der Waals surface area contributed by atoms with E-state index in [0.29, 0.717) is 24.7 Å². The molecule has 2 unspecified atom stereocenters. The third-order valence-corrected chi connectivity index (χ3v) is 5.10. The zero-order valence-electron chi connectivity index (χ0n) is 18.1. The lowest BCUT2D eigenvalue weighted by Crippen LogP contribution is -2.45. The Morgan fingerprint density at radius 3 is 2.80 bits per heavy atom. The highest BCUT2D eigenvalue weighted by Gasteiger charge is 2.24. The van der Waals surface area contributed by atoms with Gasteiger partial charge < -0.3 is 24.8 Å². The maximum atomic E-state index is 12.4. The molecule has 2 heterocycles. The minimum absolute atomic E-state index is 0.0173. The van der Waals surface area contributed by atoms with Crippen molar-refractivity contribution < 1.29 is 23.8 Å². The van der Waals surface area contributed by atoms with Gasteiger partial charge in [-0.2, -0.15) is 0 Å². The first-order chi connectivity index (χ1) is 14.1. The molecule has 8 nitrogen and oxygen atoms in total. The van der Waals surface area contributed by atoms with Crippen molar-refractivity contribution >= 4 is 28.0 Å². The third-order valence-electron chi connectivity index (χ3n) is 4.66. The Morgan fingerprint density at radius 2 is 2.17 bits per heavy atom. The second kappa shape index (κ2) is 11.6. The molecular weight excluding hydrogens is 454 g/mol. The first-order valence-corrected chi connectivity index (χ1v) is 11.0. The van der Waals surface area contributed by atoms with Gasteiger partial charge in [0, 0.05) is 29.5 Å². The number of nitrogens with one attached hydrogen (secondary N) is 2. The number of rotatable bonds is 8. The lowest BCUT2D eigenvalue weighted by Gasteiger charge is -2.29. The number of morpholine rings is 1. The molecule has 0 aromatic carbocycles. The summed E-state index contributed by atoms with van der Waals surface area (Å²) < 4.78 is 17.0. The summed E-state index contributed by atoms with van der Waals surface area (Å²) in [4.78, 5) is 28.8. The molecule has 0 radical (unpaired) electrons. The smallest absolute Gasteiger partial charge is 0.408 e. The molecule has 1 aromatic rings. The number of amides is 1. The number of halogens is 1. The minimum Gasteiger partial charge on any atom is -0.466 e. The third kappa shape index (κ3) is 8.97. The van der Waals surface area contributed by atoms with Crippen molar-refractivity contribution in [2.24, 2.45) is 5.92 Å². The normalized spacial score (nSPS) is 18.9. The maximum absolute atomic E-state index is 12.4. The van der Waals surface area contributed by atoms with Crippen molar-refractivity contribution in [2.45, 2.75) is 58.2 Å². The summed E-state index contributed by atoms with van der Waals surface area (Å²) in [6.07, 6.45) is 3.36. The predicted octanol–water partition coefficient (Wildman–Crippen LogP) is 3.36. The molecule has 1 amide bonds. The summed E-state index contributed by atoms with van der Waals surface area (Å²) in [6.45, 7) is 10.0. The minimum atomic E-state index is -0.641. The van der Waals surface area contributed by atoms with Crippen LogP contribution in [0.2, 0.25) is 0 Å². The summed E-state index contributed by atoms with van der Waals surface area (Å²) in [5.41, 5.74) is 0.0432. The molecule has 168 valence electrons. The monoisotopic (exact) mass is 485 g/mol. The summed E-state index contributed by atoms with van der Waals surface area (Å²) >= 11 is 3.37. The van der Waals surface area contributed by atoms with E-state index >= 15 is 0 Å². The Morgan fingerprint density at radius 1 is 1.40 bits per heavy atom. The topological polar surface area (TPSA) is 98.8 Å². The van der Waals surface area contributed by atoms with Crippen LogP contribution in [0.1, 0.15) is 52.1 Å². The highest BCUT2D eigenvalue weighted by Crippen LogP contribution is 2.21. The molecule has 2 rings (SSSR count).